The van der Waals surface area contributed by atoms with E-state index in [1.165, 1.54) is 12.3 Å². The predicted molar refractivity (Wildman–Crippen MR) is 60.3 cm³/mol. The van der Waals surface area contributed by atoms with Gasteiger partial charge in [0.25, 0.3) is 0 Å². The summed E-state index contributed by atoms with van der Waals surface area (Å²) >= 11 is 0. The van der Waals surface area contributed by atoms with Crippen molar-refractivity contribution in [1.82, 2.24) is 4.98 Å². The van der Waals surface area contributed by atoms with Gasteiger partial charge in [0.1, 0.15) is 11.9 Å². The van der Waals surface area contributed by atoms with Crippen molar-refractivity contribution < 1.29 is 4.79 Å². The van der Waals surface area contributed by atoms with Crippen LogP contribution in [0.4, 0.5) is 11.5 Å². The lowest BCUT2D eigenvalue weighted by Crippen LogP contribution is -2.24. The lowest BCUT2D eigenvalue weighted by molar-refractivity contribution is -0.118. The number of hydrogen-bond donors (Lipinski definition) is 3. The Balaban J connectivity index is 2.81. The smallest absolute Gasteiger partial charge is 0.219 e. The van der Waals surface area contributed by atoms with Gasteiger partial charge in [0.15, 0.2) is 0 Å². The number of anilines is 2. The van der Waals surface area contributed by atoms with Crippen molar-refractivity contribution in [2.45, 2.75) is 19.4 Å². The maximum atomic E-state index is 10.7. The van der Waals surface area contributed by atoms with Crippen molar-refractivity contribution in [1.29, 1.82) is 5.26 Å². The molecule has 1 amide bonds. The molecule has 0 saturated heterocycles. The van der Waals surface area contributed by atoms with Crippen molar-refractivity contribution in [3.05, 3.63) is 17.8 Å². The van der Waals surface area contributed by atoms with E-state index >= 15 is 0 Å². The summed E-state index contributed by atoms with van der Waals surface area (Å²) in [5.41, 5.74) is 11.3. The van der Waals surface area contributed by atoms with Crippen LogP contribution in [0.5, 0.6) is 0 Å². The zero-order valence-electron chi connectivity index (χ0n) is 8.90. The zero-order chi connectivity index (χ0) is 12.1. The number of nitriles is 1. The first kappa shape index (κ1) is 11.8. The fourth-order valence-corrected chi connectivity index (χ4v) is 1.27. The van der Waals surface area contributed by atoms with Gasteiger partial charge in [0.05, 0.1) is 17.4 Å². The third-order valence-corrected chi connectivity index (χ3v) is 1.92. The molecule has 0 aliphatic carbocycles. The average Bonchev–Trinajstić information content (AvgIpc) is 2.19. The van der Waals surface area contributed by atoms with Gasteiger partial charge in [-0.15, -0.1) is 0 Å². The molecule has 0 saturated carbocycles. The molecule has 0 aliphatic rings. The Morgan fingerprint density at radius 1 is 1.75 bits per heavy atom. The SMILES string of the molecule is CC(CC(N)=O)Nc1ncc(N)cc1C#N. The highest BCUT2D eigenvalue weighted by Crippen LogP contribution is 2.15. The Morgan fingerprint density at radius 2 is 2.44 bits per heavy atom. The fraction of sp³-hybridized carbons (Fsp3) is 0.300. The van der Waals surface area contributed by atoms with Crippen molar-refractivity contribution >= 4 is 17.4 Å². The van der Waals surface area contributed by atoms with Gasteiger partial charge in [-0.2, -0.15) is 5.26 Å². The van der Waals surface area contributed by atoms with E-state index in [4.69, 9.17) is 16.7 Å². The minimum atomic E-state index is -0.408. The number of pyridine rings is 1. The summed E-state index contributed by atoms with van der Waals surface area (Å²) in [6, 6.07) is 3.31. The molecule has 6 nitrogen and oxygen atoms in total. The summed E-state index contributed by atoms with van der Waals surface area (Å²) in [6.45, 7) is 1.78. The first-order valence-electron chi connectivity index (χ1n) is 4.73. The van der Waals surface area contributed by atoms with Crippen molar-refractivity contribution in [3.8, 4) is 6.07 Å². The maximum absolute atomic E-state index is 10.7. The van der Waals surface area contributed by atoms with Crippen LogP contribution in [0.2, 0.25) is 0 Å². The Kier molecular flexibility index (Phi) is 3.67. The van der Waals surface area contributed by atoms with Gasteiger partial charge in [0, 0.05) is 12.5 Å². The van der Waals surface area contributed by atoms with Crippen molar-refractivity contribution in [3.63, 3.8) is 0 Å². The highest BCUT2D eigenvalue weighted by atomic mass is 16.1. The second-order valence-electron chi connectivity index (χ2n) is 3.49. The van der Waals surface area contributed by atoms with E-state index < -0.39 is 5.91 Å². The topological polar surface area (TPSA) is 118 Å². The molecule has 1 aromatic heterocycles. The van der Waals surface area contributed by atoms with E-state index in [9.17, 15) is 4.79 Å². The summed E-state index contributed by atoms with van der Waals surface area (Å²) in [4.78, 5) is 14.7. The Bertz CT molecular complexity index is 437. The van der Waals surface area contributed by atoms with Crippen LogP contribution in [0.15, 0.2) is 12.3 Å². The maximum Gasteiger partial charge on any atom is 0.219 e. The van der Waals surface area contributed by atoms with Crippen LogP contribution in [0.25, 0.3) is 0 Å². The van der Waals surface area contributed by atoms with Gasteiger partial charge in [-0.1, -0.05) is 0 Å². The molecule has 1 unspecified atom stereocenters. The van der Waals surface area contributed by atoms with E-state index in [2.05, 4.69) is 10.3 Å². The molecule has 1 atom stereocenters. The minimum absolute atomic E-state index is 0.178. The van der Waals surface area contributed by atoms with Gasteiger partial charge >= 0.3 is 0 Å². The number of carbonyl (C=O) groups excluding carboxylic acids is 1. The minimum Gasteiger partial charge on any atom is -0.397 e. The molecule has 0 spiro atoms. The molecule has 1 aromatic rings. The van der Waals surface area contributed by atoms with Crippen LogP contribution in [0, 0.1) is 11.3 Å². The average molecular weight is 219 g/mol. The lowest BCUT2D eigenvalue weighted by atomic mass is 10.2. The molecular weight excluding hydrogens is 206 g/mol. The monoisotopic (exact) mass is 219 g/mol. The van der Waals surface area contributed by atoms with E-state index in [0.717, 1.165) is 0 Å². The molecule has 0 bridgehead atoms. The van der Waals surface area contributed by atoms with Crippen LogP contribution in [-0.2, 0) is 4.79 Å². The molecule has 1 rings (SSSR count). The van der Waals surface area contributed by atoms with Crippen molar-refractivity contribution in [2.75, 3.05) is 11.1 Å². The highest BCUT2D eigenvalue weighted by Gasteiger charge is 2.10. The number of nitrogens with zero attached hydrogens (tertiary/aromatic N) is 2. The van der Waals surface area contributed by atoms with Gasteiger partial charge in [-0.25, -0.2) is 4.98 Å². The molecule has 5 N–H and O–H groups in total. The first-order valence-corrected chi connectivity index (χ1v) is 4.73. The number of nitrogens with two attached hydrogens (primary N) is 2. The number of nitrogens with one attached hydrogen (secondary N) is 1. The summed E-state index contributed by atoms with van der Waals surface area (Å²) in [7, 11) is 0. The Morgan fingerprint density at radius 3 is 3.00 bits per heavy atom. The number of nitrogen functional groups attached to an aromatic ring is 1. The summed E-state index contributed by atoms with van der Waals surface area (Å²) < 4.78 is 0. The second kappa shape index (κ2) is 4.98. The van der Waals surface area contributed by atoms with Crippen LogP contribution in [0.1, 0.15) is 18.9 Å². The molecular formula is C10H13N5O. The molecule has 84 valence electrons. The number of aromatic nitrogens is 1. The third kappa shape index (κ3) is 3.13. The van der Waals surface area contributed by atoms with E-state index in [0.29, 0.717) is 17.1 Å². The molecule has 0 radical (unpaired) electrons. The normalized spacial score (nSPS) is 11.5. The van der Waals surface area contributed by atoms with Crippen molar-refractivity contribution in [2.24, 2.45) is 5.73 Å². The zero-order valence-corrected chi connectivity index (χ0v) is 8.90. The van der Waals surface area contributed by atoms with Crippen LogP contribution in [-0.4, -0.2) is 16.9 Å². The summed E-state index contributed by atoms with van der Waals surface area (Å²) in [5.74, 6) is -0.000553. The first-order chi connectivity index (χ1) is 7.52. The van der Waals surface area contributed by atoms with Crippen LogP contribution >= 0.6 is 0 Å². The number of amides is 1. The highest BCUT2D eigenvalue weighted by molar-refractivity contribution is 5.75. The second-order valence-corrected chi connectivity index (χ2v) is 3.49. The fourth-order valence-electron chi connectivity index (χ4n) is 1.27. The quantitative estimate of drug-likeness (QED) is 0.669. The predicted octanol–water partition coefficient (Wildman–Crippen LogP) is 0.211. The van der Waals surface area contributed by atoms with Crippen LogP contribution < -0.4 is 16.8 Å². The molecule has 6 heteroatoms. The number of rotatable bonds is 4. The number of primary amides is 1. The standard InChI is InChI=1S/C10H13N5O/c1-6(2-9(13)16)15-10-7(4-11)3-8(12)5-14-10/h3,5-6H,2,12H2,1H3,(H2,13,16)(H,14,15). The Hall–Kier alpha value is -2.29. The largest absolute Gasteiger partial charge is 0.397 e. The third-order valence-electron chi connectivity index (χ3n) is 1.92. The number of hydrogen-bond acceptors (Lipinski definition) is 5. The summed E-state index contributed by atoms with van der Waals surface area (Å²) in [5, 5.41) is 11.8. The molecule has 1 heterocycles. The van der Waals surface area contributed by atoms with Gasteiger partial charge < -0.3 is 16.8 Å². The van der Waals surface area contributed by atoms with Gasteiger partial charge in [0.2, 0.25) is 5.91 Å². The molecule has 0 aliphatic heterocycles. The lowest BCUT2D eigenvalue weighted by Gasteiger charge is -2.13. The molecule has 0 fully saturated rings. The Labute approximate surface area is 93.3 Å². The molecule has 0 aromatic carbocycles. The number of carbonyl (C=O) groups is 1. The van der Waals surface area contributed by atoms with E-state index in [-0.39, 0.29) is 12.5 Å². The van der Waals surface area contributed by atoms with Crippen LogP contribution in [0.3, 0.4) is 0 Å². The van der Waals surface area contributed by atoms with Gasteiger partial charge in [-0.3, -0.25) is 4.79 Å². The summed E-state index contributed by atoms with van der Waals surface area (Å²) in [6.07, 6.45) is 1.62. The van der Waals surface area contributed by atoms with E-state index in [1.807, 2.05) is 6.07 Å². The molecule has 16 heavy (non-hydrogen) atoms. The van der Waals surface area contributed by atoms with E-state index in [1.54, 1.807) is 6.92 Å². The van der Waals surface area contributed by atoms with Gasteiger partial charge in [-0.05, 0) is 13.0 Å².